The summed E-state index contributed by atoms with van der Waals surface area (Å²) in [5, 5.41) is 8.59. The molecule has 1 atom stereocenters. The number of benzene rings is 1. The topological polar surface area (TPSA) is 64.2 Å². The van der Waals surface area contributed by atoms with Gasteiger partial charge in [-0.25, -0.2) is 4.39 Å². The molecule has 0 saturated carbocycles. The summed E-state index contributed by atoms with van der Waals surface area (Å²) in [5.74, 6) is 0.0500. The van der Waals surface area contributed by atoms with Crippen LogP contribution in [-0.4, -0.2) is 32.3 Å². The van der Waals surface area contributed by atoms with Gasteiger partial charge in [-0.15, -0.1) is 0 Å². The second-order valence-corrected chi connectivity index (χ2v) is 6.95. The molecule has 1 aliphatic heterocycles. The standard InChI is InChI=1S/C20H21FN4O2/c1-13-10-18(27-23-13)16-12-24(2)22-19(16)17-8-3-4-9-25(17)20(26)14-6-5-7-15(21)11-14/h5-7,10-12,17H,3-4,8-9H2,1-2H3. The van der Waals surface area contributed by atoms with Crippen molar-refractivity contribution in [2.45, 2.75) is 32.2 Å². The number of carbonyl (C=O) groups excluding carboxylic acids is 1. The van der Waals surface area contributed by atoms with E-state index in [2.05, 4.69) is 10.3 Å². The molecular formula is C20H21FN4O2. The van der Waals surface area contributed by atoms with Gasteiger partial charge in [-0.2, -0.15) is 5.10 Å². The fourth-order valence-electron chi connectivity index (χ4n) is 3.68. The van der Waals surface area contributed by atoms with Crippen molar-refractivity contribution >= 4 is 5.91 Å². The number of rotatable bonds is 3. The zero-order valence-corrected chi connectivity index (χ0v) is 15.4. The number of hydrogen-bond acceptors (Lipinski definition) is 4. The molecule has 3 heterocycles. The number of halogens is 1. The van der Waals surface area contributed by atoms with Gasteiger partial charge in [0.15, 0.2) is 5.76 Å². The van der Waals surface area contributed by atoms with Gasteiger partial charge in [-0.05, 0) is 44.4 Å². The molecule has 0 bridgehead atoms. The van der Waals surface area contributed by atoms with Crippen molar-refractivity contribution in [2.24, 2.45) is 7.05 Å². The predicted molar refractivity (Wildman–Crippen MR) is 97.5 cm³/mol. The monoisotopic (exact) mass is 368 g/mol. The Bertz CT molecular complexity index is 978. The lowest BCUT2D eigenvalue weighted by Crippen LogP contribution is -2.39. The van der Waals surface area contributed by atoms with Crippen LogP contribution in [0, 0.1) is 12.7 Å². The number of likely N-dealkylation sites (tertiary alicyclic amines) is 1. The van der Waals surface area contributed by atoms with Gasteiger partial charge in [0.05, 0.1) is 23.0 Å². The Labute approximate surface area is 156 Å². The molecule has 1 saturated heterocycles. The SMILES string of the molecule is Cc1cc(-c2cn(C)nc2C2CCCCN2C(=O)c2cccc(F)c2)on1. The van der Waals surface area contributed by atoms with Crippen LogP contribution in [0.2, 0.25) is 0 Å². The van der Waals surface area contributed by atoms with Crippen molar-refractivity contribution < 1.29 is 13.7 Å². The average Bonchev–Trinajstić information content (AvgIpc) is 3.26. The van der Waals surface area contributed by atoms with Gasteiger partial charge < -0.3 is 9.42 Å². The number of amides is 1. The zero-order chi connectivity index (χ0) is 19.0. The van der Waals surface area contributed by atoms with Crippen LogP contribution in [0.4, 0.5) is 4.39 Å². The average molecular weight is 368 g/mol. The molecule has 0 spiro atoms. The Morgan fingerprint density at radius 3 is 2.89 bits per heavy atom. The first-order chi connectivity index (χ1) is 13.0. The lowest BCUT2D eigenvalue weighted by atomic mass is 9.95. The highest BCUT2D eigenvalue weighted by atomic mass is 19.1. The zero-order valence-electron chi connectivity index (χ0n) is 15.4. The van der Waals surface area contributed by atoms with E-state index in [0.29, 0.717) is 17.9 Å². The molecule has 0 N–H and O–H groups in total. The summed E-state index contributed by atoms with van der Waals surface area (Å²) in [4.78, 5) is 14.9. The molecule has 2 aromatic heterocycles. The van der Waals surface area contributed by atoms with Crippen LogP contribution in [0.25, 0.3) is 11.3 Å². The summed E-state index contributed by atoms with van der Waals surface area (Å²) >= 11 is 0. The summed E-state index contributed by atoms with van der Waals surface area (Å²) in [5.41, 5.74) is 2.77. The maximum Gasteiger partial charge on any atom is 0.254 e. The quantitative estimate of drug-likeness (QED) is 0.704. The van der Waals surface area contributed by atoms with Gasteiger partial charge in [0, 0.05) is 31.4 Å². The van der Waals surface area contributed by atoms with Crippen molar-refractivity contribution in [3.8, 4) is 11.3 Å². The molecule has 1 aromatic carbocycles. The summed E-state index contributed by atoms with van der Waals surface area (Å²) in [6.45, 7) is 2.48. The molecule has 0 radical (unpaired) electrons. The molecule has 7 heteroatoms. The van der Waals surface area contributed by atoms with E-state index in [9.17, 15) is 9.18 Å². The molecule has 27 heavy (non-hydrogen) atoms. The molecule has 1 aliphatic rings. The van der Waals surface area contributed by atoms with Gasteiger partial charge in [0.2, 0.25) is 0 Å². The van der Waals surface area contributed by atoms with Crippen molar-refractivity contribution in [3.05, 3.63) is 59.3 Å². The van der Waals surface area contributed by atoms with Crippen LogP contribution in [0.15, 0.2) is 41.1 Å². The van der Waals surface area contributed by atoms with Crippen LogP contribution in [0.3, 0.4) is 0 Å². The molecule has 6 nitrogen and oxygen atoms in total. The number of hydrogen-bond donors (Lipinski definition) is 0. The minimum Gasteiger partial charge on any atom is -0.356 e. The van der Waals surface area contributed by atoms with E-state index < -0.39 is 5.82 Å². The van der Waals surface area contributed by atoms with Crippen molar-refractivity contribution in [1.29, 1.82) is 0 Å². The third-order valence-electron chi connectivity index (χ3n) is 4.90. The second-order valence-electron chi connectivity index (χ2n) is 6.95. The Morgan fingerprint density at radius 1 is 1.30 bits per heavy atom. The Kier molecular flexibility index (Phi) is 4.51. The first-order valence-corrected chi connectivity index (χ1v) is 9.06. The molecule has 4 rings (SSSR count). The van der Waals surface area contributed by atoms with Gasteiger partial charge in [-0.1, -0.05) is 11.2 Å². The normalized spacial score (nSPS) is 17.3. The lowest BCUT2D eigenvalue weighted by molar-refractivity contribution is 0.0605. The van der Waals surface area contributed by atoms with Crippen LogP contribution in [-0.2, 0) is 7.05 Å². The summed E-state index contributed by atoms with van der Waals surface area (Å²) in [6, 6.07) is 7.51. The molecule has 1 unspecified atom stereocenters. The maximum atomic E-state index is 13.6. The van der Waals surface area contributed by atoms with Gasteiger partial charge in [0.1, 0.15) is 5.82 Å². The third-order valence-corrected chi connectivity index (χ3v) is 4.90. The number of piperidine rings is 1. The molecule has 1 amide bonds. The Balaban J connectivity index is 1.72. The molecule has 3 aromatic rings. The minimum absolute atomic E-state index is 0.176. The van der Waals surface area contributed by atoms with Crippen LogP contribution >= 0.6 is 0 Å². The summed E-state index contributed by atoms with van der Waals surface area (Å²) in [7, 11) is 1.85. The first-order valence-electron chi connectivity index (χ1n) is 9.06. The Hall–Kier alpha value is -2.96. The molecule has 140 valence electrons. The third kappa shape index (κ3) is 3.37. The number of aromatic nitrogens is 3. The highest BCUT2D eigenvalue weighted by molar-refractivity contribution is 5.94. The smallest absolute Gasteiger partial charge is 0.254 e. The highest BCUT2D eigenvalue weighted by Crippen LogP contribution is 2.37. The van der Waals surface area contributed by atoms with E-state index in [4.69, 9.17) is 4.52 Å². The van der Waals surface area contributed by atoms with E-state index in [0.717, 1.165) is 36.2 Å². The number of nitrogens with zero attached hydrogens (tertiary/aromatic N) is 4. The van der Waals surface area contributed by atoms with Gasteiger partial charge in [0.25, 0.3) is 5.91 Å². The lowest BCUT2D eigenvalue weighted by Gasteiger charge is -2.35. The van der Waals surface area contributed by atoms with Crippen LogP contribution in [0.5, 0.6) is 0 Å². The molecule has 0 aliphatic carbocycles. The fraction of sp³-hybridized carbons (Fsp3) is 0.350. The van der Waals surface area contributed by atoms with E-state index in [1.54, 1.807) is 21.7 Å². The van der Waals surface area contributed by atoms with Crippen molar-refractivity contribution in [3.63, 3.8) is 0 Å². The predicted octanol–water partition coefficient (Wildman–Crippen LogP) is 3.89. The Morgan fingerprint density at radius 2 is 2.15 bits per heavy atom. The summed E-state index contributed by atoms with van der Waals surface area (Å²) < 4.78 is 20.8. The van der Waals surface area contributed by atoms with Gasteiger partial charge in [-0.3, -0.25) is 9.48 Å². The van der Waals surface area contributed by atoms with Crippen LogP contribution in [0.1, 0.15) is 47.1 Å². The minimum atomic E-state index is -0.412. The maximum absolute atomic E-state index is 13.6. The van der Waals surface area contributed by atoms with E-state index in [1.165, 1.54) is 12.1 Å². The molecule has 1 fully saturated rings. The van der Waals surface area contributed by atoms with Gasteiger partial charge >= 0.3 is 0 Å². The highest BCUT2D eigenvalue weighted by Gasteiger charge is 2.33. The number of aryl methyl sites for hydroxylation is 2. The van der Waals surface area contributed by atoms with E-state index >= 15 is 0 Å². The largest absolute Gasteiger partial charge is 0.356 e. The summed E-state index contributed by atoms with van der Waals surface area (Å²) in [6.07, 6.45) is 4.61. The van der Waals surface area contributed by atoms with E-state index in [-0.39, 0.29) is 11.9 Å². The second kappa shape index (κ2) is 6.98. The number of carbonyl (C=O) groups is 1. The first kappa shape index (κ1) is 17.5. The van der Waals surface area contributed by atoms with E-state index in [1.807, 2.05) is 26.2 Å². The fourth-order valence-corrected chi connectivity index (χ4v) is 3.68. The van der Waals surface area contributed by atoms with Crippen molar-refractivity contribution in [1.82, 2.24) is 19.8 Å². The van der Waals surface area contributed by atoms with Crippen LogP contribution < -0.4 is 0 Å². The van der Waals surface area contributed by atoms with Crippen molar-refractivity contribution in [2.75, 3.05) is 6.54 Å². The molecular weight excluding hydrogens is 347 g/mol.